The number of anilines is 1. The highest BCUT2D eigenvalue weighted by Crippen LogP contribution is 2.39. The number of fused-ring (bicyclic) bond motifs is 1. The van der Waals surface area contributed by atoms with Gasteiger partial charge in [-0.2, -0.15) is 0 Å². The number of nitrogen functional groups attached to an aromatic ring is 1. The van der Waals surface area contributed by atoms with Crippen molar-refractivity contribution in [2.45, 2.75) is 63.8 Å². The summed E-state index contributed by atoms with van der Waals surface area (Å²) in [5.74, 6) is 6.01. The van der Waals surface area contributed by atoms with Crippen molar-refractivity contribution in [3.63, 3.8) is 0 Å². The predicted octanol–water partition coefficient (Wildman–Crippen LogP) is 3.19. The summed E-state index contributed by atoms with van der Waals surface area (Å²) in [5.41, 5.74) is 6.76. The zero-order chi connectivity index (χ0) is 20.0. The standard InChI is InChI=1S/C17H28IN5O3Si/c1-17(2,3)27(4,5)24-8-12-11(26-20)6-13(25-12)23-7-10(18)14-15(19)21-9-22-16(14)23/h7,9,11-13H,6,8,20H2,1-5H3,(H2,19,21,22)/t11-,12+,13+/m0/s1. The Balaban J connectivity index is 1.80. The zero-order valence-corrected chi connectivity index (χ0v) is 19.6. The molecule has 8 nitrogen and oxygen atoms in total. The van der Waals surface area contributed by atoms with Crippen molar-refractivity contribution >= 4 is 47.8 Å². The third-order valence-corrected chi connectivity index (χ3v) is 11.0. The molecule has 0 saturated carbocycles. The maximum Gasteiger partial charge on any atom is 0.192 e. The van der Waals surface area contributed by atoms with Gasteiger partial charge < -0.3 is 19.5 Å². The van der Waals surface area contributed by atoms with E-state index in [4.69, 9.17) is 25.6 Å². The number of halogens is 1. The van der Waals surface area contributed by atoms with Gasteiger partial charge in [-0.1, -0.05) is 20.8 Å². The first-order valence-corrected chi connectivity index (χ1v) is 13.0. The number of nitrogens with two attached hydrogens (primary N) is 2. The van der Waals surface area contributed by atoms with Crippen LogP contribution in [0.15, 0.2) is 12.5 Å². The van der Waals surface area contributed by atoms with Gasteiger partial charge >= 0.3 is 0 Å². The Hall–Kier alpha value is -0.793. The first-order chi connectivity index (χ1) is 12.5. The maximum absolute atomic E-state index is 6.33. The number of rotatable bonds is 5. The van der Waals surface area contributed by atoms with Crippen LogP contribution in [0, 0.1) is 3.57 Å². The van der Waals surface area contributed by atoms with E-state index in [1.54, 1.807) is 0 Å². The summed E-state index contributed by atoms with van der Waals surface area (Å²) in [5, 5.41) is 0.971. The molecule has 1 aliphatic heterocycles. The minimum absolute atomic E-state index is 0.130. The van der Waals surface area contributed by atoms with E-state index in [0.29, 0.717) is 18.8 Å². The summed E-state index contributed by atoms with van der Waals surface area (Å²) in [6, 6.07) is 0. The first kappa shape index (κ1) is 20.9. The van der Waals surface area contributed by atoms with E-state index in [2.05, 4.69) is 66.4 Å². The molecule has 0 unspecified atom stereocenters. The minimum Gasteiger partial charge on any atom is -0.414 e. The maximum atomic E-state index is 6.33. The van der Waals surface area contributed by atoms with Gasteiger partial charge in [0.05, 0.1) is 12.0 Å². The second-order valence-corrected chi connectivity index (χ2v) is 14.4. The number of aromatic nitrogens is 3. The summed E-state index contributed by atoms with van der Waals surface area (Å²) < 4.78 is 15.6. The monoisotopic (exact) mass is 505 g/mol. The first-order valence-electron chi connectivity index (χ1n) is 8.96. The molecule has 0 bridgehead atoms. The van der Waals surface area contributed by atoms with Gasteiger partial charge in [0, 0.05) is 16.2 Å². The molecule has 1 aliphatic rings. The quantitative estimate of drug-likeness (QED) is 0.365. The highest BCUT2D eigenvalue weighted by molar-refractivity contribution is 14.1. The third kappa shape index (κ3) is 4.01. The fourth-order valence-corrected chi connectivity index (χ4v) is 4.78. The van der Waals surface area contributed by atoms with Gasteiger partial charge in [0.25, 0.3) is 0 Å². The van der Waals surface area contributed by atoms with Crippen LogP contribution in [-0.2, 0) is 14.0 Å². The van der Waals surface area contributed by atoms with E-state index in [1.165, 1.54) is 6.33 Å². The van der Waals surface area contributed by atoms with Crippen molar-refractivity contribution < 1.29 is 14.0 Å². The van der Waals surface area contributed by atoms with E-state index in [-0.39, 0.29) is 23.5 Å². The van der Waals surface area contributed by atoms with Gasteiger partial charge in [-0.05, 0) is 40.7 Å². The highest BCUT2D eigenvalue weighted by atomic mass is 127. The molecule has 0 aliphatic carbocycles. The molecule has 10 heteroatoms. The summed E-state index contributed by atoms with van der Waals surface area (Å²) >= 11 is 2.24. The van der Waals surface area contributed by atoms with Crippen molar-refractivity contribution in [1.82, 2.24) is 14.5 Å². The van der Waals surface area contributed by atoms with E-state index in [1.807, 2.05) is 10.8 Å². The van der Waals surface area contributed by atoms with Crippen LogP contribution < -0.4 is 11.6 Å². The van der Waals surface area contributed by atoms with Crippen LogP contribution in [0.1, 0.15) is 33.4 Å². The Morgan fingerprint density at radius 2 is 2.07 bits per heavy atom. The zero-order valence-electron chi connectivity index (χ0n) is 16.4. The number of ether oxygens (including phenoxy) is 1. The molecule has 0 spiro atoms. The topological polar surface area (TPSA) is 110 Å². The Morgan fingerprint density at radius 1 is 1.37 bits per heavy atom. The molecule has 3 atom stereocenters. The molecule has 2 aromatic heterocycles. The molecular weight excluding hydrogens is 477 g/mol. The average molecular weight is 505 g/mol. The third-order valence-electron chi connectivity index (χ3n) is 5.67. The number of hydrogen-bond acceptors (Lipinski definition) is 7. The molecule has 4 N–H and O–H groups in total. The smallest absolute Gasteiger partial charge is 0.192 e. The molecule has 0 aromatic carbocycles. The van der Waals surface area contributed by atoms with E-state index in [9.17, 15) is 0 Å². The number of nitrogens with zero attached hydrogens (tertiary/aromatic N) is 3. The fraction of sp³-hybridized carbons (Fsp3) is 0.647. The van der Waals surface area contributed by atoms with Crippen molar-refractivity contribution in [2.75, 3.05) is 12.3 Å². The summed E-state index contributed by atoms with van der Waals surface area (Å²) in [4.78, 5) is 13.7. The lowest BCUT2D eigenvalue weighted by atomic mass is 10.2. The Kier molecular flexibility index (Phi) is 5.86. The molecule has 150 valence electrons. The summed E-state index contributed by atoms with van der Waals surface area (Å²) in [6.07, 6.45) is 3.34. The molecule has 0 amide bonds. The lowest BCUT2D eigenvalue weighted by Gasteiger charge is -2.37. The van der Waals surface area contributed by atoms with Gasteiger partial charge in [-0.25, -0.2) is 15.9 Å². The van der Waals surface area contributed by atoms with Crippen LogP contribution in [-0.4, -0.2) is 41.7 Å². The normalized spacial score (nSPS) is 24.0. The van der Waals surface area contributed by atoms with E-state index >= 15 is 0 Å². The lowest BCUT2D eigenvalue weighted by molar-refractivity contribution is -0.0586. The molecule has 3 heterocycles. The van der Waals surface area contributed by atoms with Crippen molar-refractivity contribution in [3.05, 3.63) is 16.1 Å². The van der Waals surface area contributed by atoms with E-state index < -0.39 is 8.32 Å². The van der Waals surface area contributed by atoms with Crippen LogP contribution >= 0.6 is 22.6 Å². The fourth-order valence-electron chi connectivity index (χ4n) is 2.95. The Labute approximate surface area is 174 Å². The summed E-state index contributed by atoms with van der Waals surface area (Å²) in [7, 11) is -1.88. The SMILES string of the molecule is CC(C)(C)[Si](C)(C)OC[C@H]1O[C@@H](n2cc(I)c3c(N)ncnc32)C[C@@H]1ON. The van der Waals surface area contributed by atoms with Crippen LogP contribution in [0.5, 0.6) is 0 Å². The number of hydrogen-bond donors (Lipinski definition) is 2. The van der Waals surface area contributed by atoms with Gasteiger partial charge in [0.2, 0.25) is 0 Å². The molecule has 1 fully saturated rings. The molecule has 3 rings (SSSR count). The molecule has 27 heavy (non-hydrogen) atoms. The average Bonchev–Trinajstić information content (AvgIpc) is 3.13. The molecular formula is C17H28IN5O3Si. The van der Waals surface area contributed by atoms with Crippen molar-refractivity contribution in [3.8, 4) is 0 Å². The predicted molar refractivity (Wildman–Crippen MR) is 115 cm³/mol. The van der Waals surface area contributed by atoms with Crippen molar-refractivity contribution in [2.24, 2.45) is 5.90 Å². The van der Waals surface area contributed by atoms with Crippen LogP contribution in [0.25, 0.3) is 11.0 Å². The minimum atomic E-state index is -1.88. The molecule has 1 saturated heterocycles. The van der Waals surface area contributed by atoms with Crippen LogP contribution in [0.4, 0.5) is 5.82 Å². The second kappa shape index (κ2) is 7.56. The van der Waals surface area contributed by atoms with E-state index in [0.717, 1.165) is 14.6 Å². The Morgan fingerprint density at radius 3 is 2.70 bits per heavy atom. The second-order valence-electron chi connectivity index (χ2n) is 8.45. The van der Waals surface area contributed by atoms with Gasteiger partial charge in [-0.15, -0.1) is 0 Å². The van der Waals surface area contributed by atoms with Gasteiger partial charge in [-0.3, -0.25) is 4.84 Å². The lowest BCUT2D eigenvalue weighted by Crippen LogP contribution is -2.44. The summed E-state index contributed by atoms with van der Waals surface area (Å²) in [6.45, 7) is 11.5. The largest absolute Gasteiger partial charge is 0.414 e. The van der Waals surface area contributed by atoms with Gasteiger partial charge in [0.15, 0.2) is 8.32 Å². The molecule has 2 aromatic rings. The Bertz CT molecular complexity index is 823. The highest BCUT2D eigenvalue weighted by Gasteiger charge is 2.42. The van der Waals surface area contributed by atoms with Crippen molar-refractivity contribution in [1.29, 1.82) is 0 Å². The molecule has 0 radical (unpaired) electrons. The van der Waals surface area contributed by atoms with Crippen LogP contribution in [0.2, 0.25) is 18.1 Å². The van der Waals surface area contributed by atoms with Crippen LogP contribution in [0.3, 0.4) is 0 Å². The van der Waals surface area contributed by atoms with Gasteiger partial charge in [0.1, 0.15) is 36.2 Å².